The molecule has 0 aliphatic carbocycles. The fourth-order valence-corrected chi connectivity index (χ4v) is 3.08. The van der Waals surface area contributed by atoms with Gasteiger partial charge in [0.05, 0.1) is 23.0 Å². The van der Waals surface area contributed by atoms with Crippen LogP contribution >= 0.6 is 12.4 Å². The number of hydrogen-bond donors (Lipinski definition) is 2. The minimum Gasteiger partial charge on any atom is -0.351 e. The Bertz CT molecular complexity index is 527. The molecule has 132 valence electrons. The van der Waals surface area contributed by atoms with E-state index in [1.807, 2.05) is 4.68 Å². The zero-order valence-corrected chi connectivity index (χ0v) is 15.8. The Balaban J connectivity index is 0.00000264. The molecule has 1 fully saturated rings. The Labute approximate surface area is 146 Å². The molecule has 23 heavy (non-hydrogen) atoms. The van der Waals surface area contributed by atoms with Crippen LogP contribution in [0.4, 0.5) is 0 Å². The molecule has 0 aromatic carbocycles. The molecule has 0 spiro atoms. The maximum absolute atomic E-state index is 12.6. The number of nitrogens with one attached hydrogen (secondary N) is 2. The summed E-state index contributed by atoms with van der Waals surface area (Å²) < 4.78 is 1.97. The zero-order chi connectivity index (χ0) is 16.4. The second-order valence-corrected chi connectivity index (χ2v) is 7.68. The molecule has 1 aromatic heterocycles. The lowest BCUT2D eigenvalue weighted by Crippen LogP contribution is -2.43. The smallest absolute Gasteiger partial charge is 0.254 e. The highest BCUT2D eigenvalue weighted by Gasteiger charge is 2.28. The summed E-state index contributed by atoms with van der Waals surface area (Å²) in [4.78, 5) is 12.6. The molecule has 0 radical (unpaired) electrons. The Morgan fingerprint density at radius 1 is 1.39 bits per heavy atom. The summed E-state index contributed by atoms with van der Waals surface area (Å²) in [6, 6.07) is 0. The van der Waals surface area contributed by atoms with Crippen LogP contribution < -0.4 is 10.6 Å². The summed E-state index contributed by atoms with van der Waals surface area (Å²) in [6.45, 7) is 13.5. The number of amides is 1. The molecule has 1 amide bonds. The number of rotatable bonds is 4. The summed E-state index contributed by atoms with van der Waals surface area (Å²) in [7, 11) is 0. The number of hydrogen-bond acceptors (Lipinski definition) is 3. The molecule has 1 aromatic rings. The van der Waals surface area contributed by atoms with E-state index in [1.54, 1.807) is 6.20 Å². The fourth-order valence-electron chi connectivity index (χ4n) is 3.08. The van der Waals surface area contributed by atoms with Gasteiger partial charge in [-0.3, -0.25) is 9.48 Å². The summed E-state index contributed by atoms with van der Waals surface area (Å²) in [5, 5.41) is 10.9. The van der Waals surface area contributed by atoms with E-state index < -0.39 is 0 Å². The highest BCUT2D eigenvalue weighted by molar-refractivity contribution is 5.95. The van der Waals surface area contributed by atoms with E-state index in [0.29, 0.717) is 0 Å². The average molecular weight is 343 g/mol. The highest BCUT2D eigenvalue weighted by Crippen LogP contribution is 2.27. The van der Waals surface area contributed by atoms with Crippen molar-refractivity contribution in [1.29, 1.82) is 0 Å². The van der Waals surface area contributed by atoms with Gasteiger partial charge in [-0.2, -0.15) is 5.10 Å². The van der Waals surface area contributed by atoms with Crippen molar-refractivity contribution in [3.05, 3.63) is 17.5 Å². The first-order valence-electron chi connectivity index (χ1n) is 8.33. The molecular formula is C17H31ClN4O. The molecule has 0 unspecified atom stereocenters. The topological polar surface area (TPSA) is 59.0 Å². The predicted molar refractivity (Wildman–Crippen MR) is 96.4 cm³/mol. The van der Waals surface area contributed by atoms with E-state index in [0.717, 1.165) is 50.2 Å². The first-order chi connectivity index (χ1) is 10.3. The predicted octanol–water partition coefficient (Wildman–Crippen LogP) is 2.74. The maximum atomic E-state index is 12.6. The SMILES string of the molecule is CCc1c(C(=O)NCC2(C)CCNCC2)cnn1C(C)(C)C.Cl. The quantitative estimate of drug-likeness (QED) is 0.884. The first-order valence-corrected chi connectivity index (χ1v) is 8.33. The van der Waals surface area contributed by atoms with E-state index in [1.165, 1.54) is 0 Å². The number of halogens is 1. The third-order valence-electron chi connectivity index (χ3n) is 4.57. The lowest BCUT2D eigenvalue weighted by Gasteiger charge is -2.34. The second-order valence-electron chi connectivity index (χ2n) is 7.68. The van der Waals surface area contributed by atoms with E-state index in [2.05, 4.69) is 50.4 Å². The van der Waals surface area contributed by atoms with Gasteiger partial charge in [-0.05, 0) is 58.5 Å². The lowest BCUT2D eigenvalue weighted by molar-refractivity contribution is 0.0921. The second kappa shape index (κ2) is 7.67. The zero-order valence-electron chi connectivity index (χ0n) is 15.0. The number of aromatic nitrogens is 2. The third kappa shape index (κ3) is 4.70. The third-order valence-corrected chi connectivity index (χ3v) is 4.57. The van der Waals surface area contributed by atoms with E-state index in [9.17, 15) is 4.79 Å². The molecule has 6 heteroatoms. The molecule has 0 bridgehead atoms. The van der Waals surface area contributed by atoms with Gasteiger partial charge in [0, 0.05) is 6.54 Å². The van der Waals surface area contributed by atoms with Crippen molar-refractivity contribution in [2.24, 2.45) is 5.41 Å². The van der Waals surface area contributed by atoms with Crippen LogP contribution in [-0.2, 0) is 12.0 Å². The van der Waals surface area contributed by atoms with E-state index in [4.69, 9.17) is 0 Å². The van der Waals surface area contributed by atoms with Gasteiger partial charge in [-0.1, -0.05) is 13.8 Å². The summed E-state index contributed by atoms with van der Waals surface area (Å²) in [5.41, 5.74) is 1.83. The van der Waals surface area contributed by atoms with E-state index >= 15 is 0 Å². The Hall–Kier alpha value is -1.07. The summed E-state index contributed by atoms with van der Waals surface area (Å²) in [6.07, 6.45) is 4.73. The summed E-state index contributed by atoms with van der Waals surface area (Å²) >= 11 is 0. The van der Waals surface area contributed by atoms with Crippen molar-refractivity contribution < 1.29 is 4.79 Å². The van der Waals surface area contributed by atoms with Crippen LogP contribution in [0, 0.1) is 5.41 Å². The average Bonchev–Trinajstić information content (AvgIpc) is 2.89. The van der Waals surface area contributed by atoms with E-state index in [-0.39, 0.29) is 29.3 Å². The van der Waals surface area contributed by atoms with Gasteiger partial charge in [0.2, 0.25) is 0 Å². The van der Waals surface area contributed by atoms with Crippen LogP contribution in [0.25, 0.3) is 0 Å². The summed E-state index contributed by atoms with van der Waals surface area (Å²) in [5.74, 6) is 0.00658. The molecule has 2 rings (SSSR count). The minimum absolute atomic E-state index is 0. The monoisotopic (exact) mass is 342 g/mol. The van der Waals surface area contributed by atoms with Gasteiger partial charge in [-0.15, -0.1) is 12.4 Å². The van der Waals surface area contributed by atoms with Crippen molar-refractivity contribution in [2.45, 2.75) is 59.4 Å². The molecule has 1 aliphatic heterocycles. The van der Waals surface area contributed by atoms with Crippen molar-refractivity contribution >= 4 is 18.3 Å². The maximum Gasteiger partial charge on any atom is 0.254 e. The number of carbonyl (C=O) groups excluding carboxylic acids is 1. The largest absolute Gasteiger partial charge is 0.351 e. The molecule has 2 N–H and O–H groups in total. The Morgan fingerprint density at radius 2 is 2.00 bits per heavy atom. The molecule has 0 atom stereocenters. The van der Waals surface area contributed by atoms with Crippen molar-refractivity contribution in [1.82, 2.24) is 20.4 Å². The van der Waals surface area contributed by atoms with Crippen LogP contribution in [-0.4, -0.2) is 35.3 Å². The molecular weight excluding hydrogens is 312 g/mol. The van der Waals surface area contributed by atoms with Crippen molar-refractivity contribution in [2.75, 3.05) is 19.6 Å². The first kappa shape index (κ1) is 20.0. The normalized spacial score (nSPS) is 17.4. The fraction of sp³-hybridized carbons (Fsp3) is 0.765. The van der Waals surface area contributed by atoms with Crippen LogP contribution in [0.5, 0.6) is 0 Å². The van der Waals surface area contributed by atoms with Crippen LogP contribution in [0.3, 0.4) is 0 Å². The number of nitrogens with zero attached hydrogens (tertiary/aromatic N) is 2. The molecule has 5 nitrogen and oxygen atoms in total. The molecule has 0 saturated carbocycles. The van der Waals surface area contributed by atoms with Crippen LogP contribution in [0.2, 0.25) is 0 Å². The molecule has 2 heterocycles. The Kier molecular flexibility index (Phi) is 6.66. The number of piperidine rings is 1. The van der Waals surface area contributed by atoms with Gasteiger partial charge in [0.1, 0.15) is 0 Å². The molecule has 1 saturated heterocycles. The van der Waals surface area contributed by atoms with Crippen molar-refractivity contribution in [3.8, 4) is 0 Å². The van der Waals surface area contributed by atoms with Gasteiger partial charge < -0.3 is 10.6 Å². The Morgan fingerprint density at radius 3 is 2.52 bits per heavy atom. The van der Waals surface area contributed by atoms with Crippen LogP contribution in [0.1, 0.15) is 63.5 Å². The van der Waals surface area contributed by atoms with Crippen LogP contribution in [0.15, 0.2) is 6.20 Å². The van der Waals surface area contributed by atoms with Crippen molar-refractivity contribution in [3.63, 3.8) is 0 Å². The van der Waals surface area contributed by atoms with Gasteiger partial charge in [0.25, 0.3) is 5.91 Å². The highest BCUT2D eigenvalue weighted by atomic mass is 35.5. The van der Waals surface area contributed by atoms with Gasteiger partial charge in [-0.25, -0.2) is 0 Å². The standard InChI is InChI=1S/C17H30N4O.ClH/c1-6-14-13(11-20-21(14)16(2,3)4)15(22)19-12-17(5)7-9-18-10-8-17;/h11,18H,6-10,12H2,1-5H3,(H,19,22);1H. The van der Waals surface area contributed by atoms with Gasteiger partial charge >= 0.3 is 0 Å². The molecule has 1 aliphatic rings. The minimum atomic E-state index is -0.106. The van der Waals surface area contributed by atoms with Gasteiger partial charge in [0.15, 0.2) is 0 Å². The lowest BCUT2D eigenvalue weighted by atomic mass is 9.81. The number of carbonyl (C=O) groups is 1.